The lowest BCUT2D eigenvalue weighted by atomic mass is 10.1. The lowest BCUT2D eigenvalue weighted by molar-refractivity contribution is -0.161. The molecular weight excluding hydrogens is 450 g/mol. The molecule has 1 unspecified atom stereocenters. The summed E-state index contributed by atoms with van der Waals surface area (Å²) in [6, 6.07) is -2.59. The molecule has 3 amide bonds. The number of ether oxygens (including phenoxy) is 1. The Kier molecular flexibility index (Phi) is 12.6. The second-order valence-electron chi connectivity index (χ2n) is 7.33. The van der Waals surface area contributed by atoms with Gasteiger partial charge in [0.1, 0.15) is 11.8 Å². The molecule has 0 aromatic heterocycles. The quantitative estimate of drug-likeness (QED) is 0.0619. The Morgan fingerprint density at radius 2 is 1.72 bits per heavy atom. The van der Waals surface area contributed by atoms with Gasteiger partial charge in [-0.3, -0.25) is 14.4 Å². The van der Waals surface area contributed by atoms with Gasteiger partial charge in [-0.1, -0.05) is 22.4 Å². The lowest BCUT2D eigenvalue weighted by Gasteiger charge is -2.25. The number of nitrogens with one attached hydrogen (secondary N) is 3. The predicted octanol–water partition coefficient (Wildman–Crippen LogP) is -1.79. The van der Waals surface area contributed by atoms with Crippen LogP contribution in [-0.2, 0) is 23.9 Å². The maximum atomic E-state index is 12.4. The summed E-state index contributed by atoms with van der Waals surface area (Å²) >= 11 is 2.92. The van der Waals surface area contributed by atoms with Crippen molar-refractivity contribution < 1.29 is 29.0 Å². The molecule has 0 aromatic rings. The average molecular weight is 482 g/mol. The minimum atomic E-state index is -1.67. The van der Waals surface area contributed by atoms with E-state index in [4.69, 9.17) is 16.2 Å². The number of rotatable bonds is 12. The van der Waals surface area contributed by atoms with Crippen LogP contribution in [0.25, 0.3) is 0 Å². The third-order valence-electron chi connectivity index (χ3n) is 3.42. The van der Waals surface area contributed by atoms with Crippen LogP contribution in [0.3, 0.4) is 0 Å². The highest BCUT2D eigenvalue weighted by Crippen LogP contribution is 2.09. The lowest BCUT2D eigenvalue weighted by Crippen LogP contribution is -2.57. The van der Waals surface area contributed by atoms with Crippen molar-refractivity contribution in [3.8, 4) is 0 Å². The molecule has 29 heavy (non-hydrogen) atoms. The van der Waals surface area contributed by atoms with Gasteiger partial charge in [0.15, 0.2) is 0 Å². The number of carbonyl (C=O) groups is 4. The van der Waals surface area contributed by atoms with Gasteiger partial charge < -0.3 is 37.3 Å². The van der Waals surface area contributed by atoms with Crippen molar-refractivity contribution in [2.24, 2.45) is 11.5 Å². The smallest absolute Gasteiger partial charge is 0.339 e. The predicted molar refractivity (Wildman–Crippen MR) is 110 cm³/mol. The van der Waals surface area contributed by atoms with E-state index in [1.54, 1.807) is 20.8 Å². The highest BCUT2D eigenvalue weighted by molar-refractivity contribution is 9.09. The number of nitrogens with two attached hydrogens (primary N) is 2. The summed E-state index contributed by atoms with van der Waals surface area (Å²) in [6.45, 7) is 4.92. The van der Waals surface area contributed by atoms with Crippen LogP contribution in [0.4, 0.5) is 0 Å². The van der Waals surface area contributed by atoms with E-state index >= 15 is 0 Å². The monoisotopic (exact) mass is 481 g/mol. The summed E-state index contributed by atoms with van der Waals surface area (Å²) in [4.78, 5) is 48.3. The van der Waals surface area contributed by atoms with Gasteiger partial charge in [0.25, 0.3) is 5.91 Å². The van der Waals surface area contributed by atoms with Gasteiger partial charge in [-0.2, -0.15) is 0 Å². The summed E-state index contributed by atoms with van der Waals surface area (Å²) in [6.07, 6.45) is 0.267. The first-order chi connectivity index (χ1) is 13.4. The van der Waals surface area contributed by atoms with Crippen LogP contribution >= 0.6 is 15.9 Å². The van der Waals surface area contributed by atoms with Crippen LogP contribution in [0, 0.1) is 0 Å². The standard InChI is InChI=1S/C17H32BrN5O6/c1-17(2,3)29-16(28)13(23-14(26)10(20)6-4-5-7-19)15(27)21-9-12(25)22-11(24)8-18/h10,12-13,25H,4-9,19-20H2,1-3H3,(H,21,27)(H,22,24)(H,23,26)/t10-,12?,13+/m0/s1. The molecule has 0 fully saturated rings. The second-order valence-corrected chi connectivity index (χ2v) is 7.89. The summed E-state index contributed by atoms with van der Waals surface area (Å²) in [5.74, 6) is -3.07. The molecule has 0 radical (unpaired) electrons. The molecule has 0 aliphatic rings. The maximum Gasteiger partial charge on any atom is 0.339 e. The van der Waals surface area contributed by atoms with Gasteiger partial charge in [-0.05, 0) is 40.2 Å². The van der Waals surface area contributed by atoms with Crippen molar-refractivity contribution in [3.05, 3.63) is 0 Å². The molecule has 0 aliphatic carbocycles. The summed E-state index contributed by atoms with van der Waals surface area (Å²) < 4.78 is 5.18. The molecule has 0 rings (SSSR count). The number of amides is 3. The van der Waals surface area contributed by atoms with E-state index < -0.39 is 47.6 Å². The molecule has 0 aromatic carbocycles. The summed E-state index contributed by atoms with van der Waals surface area (Å²) in [5, 5.41) is 16.4. The van der Waals surface area contributed by atoms with Crippen LogP contribution in [0.2, 0.25) is 0 Å². The van der Waals surface area contributed by atoms with Crippen molar-refractivity contribution in [1.29, 1.82) is 0 Å². The largest absolute Gasteiger partial charge is 0.458 e. The van der Waals surface area contributed by atoms with Crippen LogP contribution in [0.1, 0.15) is 40.0 Å². The first kappa shape index (κ1) is 27.2. The van der Waals surface area contributed by atoms with Crippen molar-refractivity contribution in [2.75, 3.05) is 18.4 Å². The second kappa shape index (κ2) is 13.5. The number of hydrogen-bond acceptors (Lipinski definition) is 8. The van der Waals surface area contributed by atoms with E-state index in [0.29, 0.717) is 25.8 Å². The average Bonchev–Trinajstić information content (AvgIpc) is 2.62. The third kappa shape index (κ3) is 12.4. The number of alkyl halides is 1. The minimum absolute atomic E-state index is 0.0311. The van der Waals surface area contributed by atoms with Gasteiger partial charge in [0.05, 0.1) is 17.9 Å². The third-order valence-corrected chi connectivity index (χ3v) is 3.93. The van der Waals surface area contributed by atoms with Gasteiger partial charge in [0, 0.05) is 0 Å². The summed E-state index contributed by atoms with van der Waals surface area (Å²) in [7, 11) is 0. The SMILES string of the molecule is CC(C)(C)OC(=O)[C@H](NC(=O)[C@@H](N)CCCCN)C(=O)NCC(O)NC(=O)CBr. The molecule has 0 saturated heterocycles. The van der Waals surface area contributed by atoms with Gasteiger partial charge in [-0.25, -0.2) is 4.79 Å². The number of carbonyl (C=O) groups excluding carboxylic acids is 4. The Labute approximate surface area is 178 Å². The molecule has 0 bridgehead atoms. The molecule has 3 atom stereocenters. The first-order valence-electron chi connectivity index (χ1n) is 9.21. The molecule has 168 valence electrons. The molecule has 0 spiro atoms. The Balaban J connectivity index is 5.04. The van der Waals surface area contributed by atoms with Gasteiger partial charge in [-0.15, -0.1) is 0 Å². The molecule has 0 aliphatic heterocycles. The van der Waals surface area contributed by atoms with Crippen molar-refractivity contribution >= 4 is 39.6 Å². The Morgan fingerprint density at radius 1 is 1.10 bits per heavy atom. The van der Waals surface area contributed by atoms with E-state index in [1.807, 2.05) is 0 Å². The Bertz CT molecular complexity index is 569. The fraction of sp³-hybridized carbons (Fsp3) is 0.765. The number of aliphatic hydroxyl groups is 1. The zero-order valence-electron chi connectivity index (χ0n) is 17.0. The zero-order valence-corrected chi connectivity index (χ0v) is 18.6. The van der Waals surface area contributed by atoms with Crippen molar-refractivity contribution in [1.82, 2.24) is 16.0 Å². The highest BCUT2D eigenvalue weighted by Gasteiger charge is 2.34. The van der Waals surface area contributed by atoms with E-state index in [2.05, 4.69) is 31.9 Å². The van der Waals surface area contributed by atoms with E-state index in [-0.39, 0.29) is 11.9 Å². The molecule has 0 saturated carbocycles. The molecular formula is C17H32BrN5O6. The van der Waals surface area contributed by atoms with Crippen molar-refractivity contribution in [3.63, 3.8) is 0 Å². The van der Waals surface area contributed by atoms with Crippen LogP contribution in [-0.4, -0.2) is 71.1 Å². The number of aliphatic hydroxyl groups excluding tert-OH is 1. The number of unbranched alkanes of at least 4 members (excludes halogenated alkanes) is 1. The number of hydrogen-bond donors (Lipinski definition) is 6. The van der Waals surface area contributed by atoms with Crippen LogP contribution in [0.5, 0.6) is 0 Å². The molecule has 12 heteroatoms. The minimum Gasteiger partial charge on any atom is -0.458 e. The zero-order chi connectivity index (χ0) is 22.6. The highest BCUT2D eigenvalue weighted by atomic mass is 79.9. The fourth-order valence-corrected chi connectivity index (χ4v) is 2.22. The molecule has 8 N–H and O–H groups in total. The maximum absolute atomic E-state index is 12.4. The Hall–Kier alpha value is -1.76. The van der Waals surface area contributed by atoms with Crippen LogP contribution < -0.4 is 27.4 Å². The molecule has 11 nitrogen and oxygen atoms in total. The van der Waals surface area contributed by atoms with E-state index in [0.717, 1.165) is 0 Å². The van der Waals surface area contributed by atoms with Crippen LogP contribution in [0.15, 0.2) is 0 Å². The first-order valence-corrected chi connectivity index (χ1v) is 10.3. The normalized spacial score (nSPS) is 14.3. The van der Waals surface area contributed by atoms with E-state index in [1.165, 1.54) is 0 Å². The molecule has 0 heterocycles. The van der Waals surface area contributed by atoms with E-state index in [9.17, 15) is 24.3 Å². The van der Waals surface area contributed by atoms with Gasteiger partial charge >= 0.3 is 5.97 Å². The fourth-order valence-electron chi connectivity index (χ4n) is 2.06. The summed E-state index contributed by atoms with van der Waals surface area (Å²) in [5.41, 5.74) is 10.3. The van der Waals surface area contributed by atoms with Crippen molar-refractivity contribution in [2.45, 2.75) is 63.9 Å². The topological polar surface area (TPSA) is 186 Å². The number of esters is 1. The van der Waals surface area contributed by atoms with Gasteiger partial charge in [0.2, 0.25) is 17.9 Å². The number of halogens is 1. The Morgan fingerprint density at radius 3 is 2.24 bits per heavy atom.